The van der Waals surface area contributed by atoms with Crippen molar-refractivity contribution in [1.82, 2.24) is 0 Å². The summed E-state index contributed by atoms with van der Waals surface area (Å²) in [4.78, 5) is 0. The van der Waals surface area contributed by atoms with Crippen molar-refractivity contribution in [1.29, 1.82) is 0 Å². The van der Waals surface area contributed by atoms with E-state index in [1.54, 1.807) is 11.1 Å². The fourth-order valence-electron chi connectivity index (χ4n) is 5.92. The first kappa shape index (κ1) is 13.4. The second-order valence-corrected chi connectivity index (χ2v) is 15.0. The number of benzene rings is 1. The van der Waals surface area contributed by atoms with Gasteiger partial charge in [0, 0.05) is 0 Å². The van der Waals surface area contributed by atoms with Crippen molar-refractivity contribution in [3.63, 3.8) is 0 Å². The third-order valence-electron chi connectivity index (χ3n) is 6.03. The molecule has 0 N–H and O–H groups in total. The Bertz CT molecular complexity index is 454. The molecule has 0 nitrogen and oxygen atoms in total. The van der Waals surface area contributed by atoms with E-state index in [9.17, 15) is 0 Å². The molecule has 0 radical (unpaired) electrons. The summed E-state index contributed by atoms with van der Waals surface area (Å²) in [5, 5.41) is 1.06. The first-order valence-corrected chi connectivity index (χ1v) is 9.92. The first-order chi connectivity index (χ1) is 8.69. The van der Waals surface area contributed by atoms with Crippen molar-refractivity contribution in [2.45, 2.75) is 75.5 Å². The molecule has 0 saturated carbocycles. The van der Waals surface area contributed by atoms with E-state index in [2.05, 4.69) is 65.8 Å². The summed E-state index contributed by atoms with van der Waals surface area (Å²) in [5.74, 6) is 0. The molecule has 19 heavy (non-hydrogen) atoms. The van der Waals surface area contributed by atoms with Crippen molar-refractivity contribution in [2.24, 2.45) is 0 Å². The van der Waals surface area contributed by atoms with E-state index in [1.807, 2.05) is 0 Å². The summed E-state index contributed by atoms with van der Waals surface area (Å²) in [6.45, 7) is 15.1. The molecular weight excluding hydrogens is 244 g/mol. The zero-order valence-electron chi connectivity index (χ0n) is 13.4. The average Bonchev–Trinajstić information content (AvgIpc) is 2.93. The number of hydrogen-bond acceptors (Lipinski definition) is 0. The summed E-state index contributed by atoms with van der Waals surface area (Å²) in [7, 11) is -1.25. The minimum absolute atomic E-state index is 0.530. The predicted molar refractivity (Wildman–Crippen MR) is 86.5 cm³/mol. The van der Waals surface area contributed by atoms with Crippen LogP contribution >= 0.6 is 0 Å². The van der Waals surface area contributed by atoms with Crippen LogP contribution in [-0.4, -0.2) is 8.07 Å². The van der Waals surface area contributed by atoms with E-state index < -0.39 is 8.07 Å². The largest absolute Gasteiger partial charge is 0.0712 e. The summed E-state index contributed by atoms with van der Waals surface area (Å²) >= 11 is 0. The highest BCUT2D eigenvalue weighted by Gasteiger charge is 2.75. The fourth-order valence-corrected chi connectivity index (χ4v) is 15.5. The van der Waals surface area contributed by atoms with Crippen molar-refractivity contribution in [3.05, 3.63) is 35.4 Å². The Morgan fingerprint density at radius 1 is 0.789 bits per heavy atom. The van der Waals surface area contributed by atoms with Crippen LogP contribution in [0.5, 0.6) is 0 Å². The third-order valence-corrected chi connectivity index (χ3v) is 14.2. The summed E-state index contributed by atoms with van der Waals surface area (Å²) in [6, 6.07) is 9.18. The topological polar surface area (TPSA) is 0 Å². The minimum Gasteiger partial charge on any atom is -0.0625 e. The van der Waals surface area contributed by atoms with Gasteiger partial charge in [-0.3, -0.25) is 0 Å². The maximum atomic E-state index is 2.52. The van der Waals surface area contributed by atoms with Gasteiger partial charge in [-0.2, -0.15) is 0 Å². The van der Waals surface area contributed by atoms with Crippen molar-refractivity contribution < 1.29 is 0 Å². The Kier molecular flexibility index (Phi) is 2.65. The number of rotatable bonds is 0. The van der Waals surface area contributed by atoms with Crippen LogP contribution in [0, 0.1) is 0 Å². The van der Waals surface area contributed by atoms with Gasteiger partial charge in [-0.1, -0.05) is 65.8 Å². The highest BCUT2D eigenvalue weighted by molar-refractivity contribution is 6.97. The Labute approximate surface area is 119 Å². The van der Waals surface area contributed by atoms with Crippen LogP contribution in [0.3, 0.4) is 0 Å². The van der Waals surface area contributed by atoms with Gasteiger partial charge in [0.05, 0.1) is 8.07 Å². The second-order valence-electron chi connectivity index (χ2n) is 8.76. The molecule has 3 rings (SSSR count). The van der Waals surface area contributed by atoms with Gasteiger partial charge in [0.2, 0.25) is 0 Å². The molecule has 0 aromatic heterocycles. The Balaban J connectivity index is 2.03. The maximum Gasteiger partial charge on any atom is 0.0712 e. The molecule has 0 amide bonds. The monoisotopic (exact) mass is 272 g/mol. The van der Waals surface area contributed by atoms with Crippen molar-refractivity contribution >= 4 is 8.07 Å². The lowest BCUT2D eigenvalue weighted by molar-refractivity contribution is 0.630. The first-order valence-electron chi connectivity index (χ1n) is 7.76. The number of fused-ring (bicyclic) bond motifs is 2. The second kappa shape index (κ2) is 3.75. The summed E-state index contributed by atoms with van der Waals surface area (Å²) in [6.07, 6.45) is 2.73. The molecule has 2 atom stereocenters. The minimum atomic E-state index is -1.25. The molecule has 1 aromatic carbocycles. The van der Waals surface area contributed by atoms with Gasteiger partial charge in [0.25, 0.3) is 0 Å². The SMILES string of the molecule is CC(C)(C)[Si]1(C(C)(C)C)C2Cc3ccccc3CC21. The molecule has 1 fully saturated rings. The van der Waals surface area contributed by atoms with Gasteiger partial charge in [-0.05, 0) is 45.1 Å². The van der Waals surface area contributed by atoms with Crippen molar-refractivity contribution in [3.8, 4) is 0 Å². The number of hydrogen-bond donors (Lipinski definition) is 0. The van der Waals surface area contributed by atoms with Crippen LogP contribution < -0.4 is 0 Å². The maximum absolute atomic E-state index is 2.52. The molecule has 1 heteroatoms. The molecule has 1 aromatic rings. The summed E-state index contributed by atoms with van der Waals surface area (Å²) in [5.41, 5.74) is 5.35. The molecule has 2 unspecified atom stereocenters. The lowest BCUT2D eigenvalue weighted by atomic mass is 9.92. The lowest BCUT2D eigenvalue weighted by Crippen LogP contribution is -2.40. The molecule has 1 aliphatic heterocycles. The molecule has 104 valence electrons. The normalized spacial score (nSPS) is 28.5. The van der Waals surface area contributed by atoms with Gasteiger partial charge in [-0.25, -0.2) is 0 Å². The van der Waals surface area contributed by atoms with E-state index in [1.165, 1.54) is 12.8 Å². The predicted octanol–water partition coefficient (Wildman–Crippen LogP) is 5.59. The molecule has 2 aliphatic rings. The molecule has 1 aliphatic carbocycles. The molecule has 1 heterocycles. The van der Waals surface area contributed by atoms with Crippen LogP contribution in [0.25, 0.3) is 0 Å². The van der Waals surface area contributed by atoms with Crippen LogP contribution in [0.4, 0.5) is 0 Å². The zero-order chi connectivity index (χ0) is 14.1. The molecule has 0 spiro atoms. The molecular formula is C18H28Si. The Morgan fingerprint density at radius 2 is 1.16 bits per heavy atom. The van der Waals surface area contributed by atoms with Gasteiger partial charge in [0.1, 0.15) is 0 Å². The summed E-state index contributed by atoms with van der Waals surface area (Å²) < 4.78 is 0. The Morgan fingerprint density at radius 3 is 1.47 bits per heavy atom. The zero-order valence-corrected chi connectivity index (χ0v) is 14.4. The van der Waals surface area contributed by atoms with Crippen LogP contribution in [0.1, 0.15) is 52.7 Å². The third kappa shape index (κ3) is 1.63. The van der Waals surface area contributed by atoms with Crippen LogP contribution in [0.2, 0.25) is 21.2 Å². The van der Waals surface area contributed by atoms with E-state index in [4.69, 9.17) is 0 Å². The highest BCUT2D eigenvalue weighted by atomic mass is 28.3. The highest BCUT2D eigenvalue weighted by Crippen LogP contribution is 2.80. The quantitative estimate of drug-likeness (QED) is 0.540. The Hall–Kier alpha value is -0.563. The van der Waals surface area contributed by atoms with Gasteiger partial charge < -0.3 is 0 Å². The standard InChI is InChI=1S/C18H28Si/c1-17(2,3)19(18(4,5)6)15-11-13-9-7-8-10-14(13)12-16(15)19/h7-10,15-16H,11-12H2,1-6H3. The molecule has 1 saturated heterocycles. The van der Waals surface area contributed by atoms with Gasteiger partial charge in [0.15, 0.2) is 0 Å². The van der Waals surface area contributed by atoms with Crippen molar-refractivity contribution in [2.75, 3.05) is 0 Å². The van der Waals surface area contributed by atoms with Crippen LogP contribution in [0.15, 0.2) is 24.3 Å². The van der Waals surface area contributed by atoms with E-state index in [0.717, 1.165) is 11.1 Å². The van der Waals surface area contributed by atoms with Gasteiger partial charge >= 0.3 is 0 Å². The van der Waals surface area contributed by atoms with E-state index in [-0.39, 0.29) is 0 Å². The smallest absolute Gasteiger partial charge is 0.0625 e. The van der Waals surface area contributed by atoms with E-state index in [0.29, 0.717) is 10.1 Å². The molecule has 0 bridgehead atoms. The fraction of sp³-hybridized carbons (Fsp3) is 0.667. The van der Waals surface area contributed by atoms with Crippen LogP contribution in [-0.2, 0) is 12.8 Å². The lowest BCUT2D eigenvalue weighted by Gasteiger charge is -2.42. The van der Waals surface area contributed by atoms with Gasteiger partial charge in [-0.15, -0.1) is 0 Å². The van der Waals surface area contributed by atoms with E-state index >= 15 is 0 Å². The average molecular weight is 273 g/mol.